The third-order valence-electron chi connectivity index (χ3n) is 8.40. The molecule has 0 amide bonds. The maximum Gasteiger partial charge on any atom is 0.303 e. The predicted octanol–water partition coefficient (Wildman–Crippen LogP) is 7.85. The van der Waals surface area contributed by atoms with Crippen LogP contribution in [0.4, 0.5) is 0 Å². The maximum atomic E-state index is 10.8. The van der Waals surface area contributed by atoms with E-state index in [0.717, 1.165) is 31.1 Å². The molecule has 2 fully saturated rings. The quantitative estimate of drug-likeness (QED) is 0.152. The van der Waals surface area contributed by atoms with Crippen LogP contribution in [0, 0.1) is 41.4 Å². The molecule has 0 aromatic heterocycles. The average Bonchev–Trinajstić information content (AvgIpc) is 3.22. The van der Waals surface area contributed by atoms with Gasteiger partial charge in [0.1, 0.15) is 0 Å². The number of aliphatic carboxylic acids is 1. The normalized spacial score (nSPS) is 28.5. The number of rotatable bonds is 10. The second-order valence-electron chi connectivity index (χ2n) is 12.1. The minimum Gasteiger partial charge on any atom is -0.481 e. The van der Waals surface area contributed by atoms with Crippen molar-refractivity contribution in [3.8, 4) is 11.8 Å². The summed E-state index contributed by atoms with van der Waals surface area (Å²) in [5.74, 6) is 8.84. The second-order valence-corrected chi connectivity index (χ2v) is 16.9. The van der Waals surface area contributed by atoms with Gasteiger partial charge >= 0.3 is 5.97 Å². The molecular formula is C29H48O3Si. The number of hydrogen-bond donors (Lipinski definition) is 1. The van der Waals surface area contributed by atoms with Crippen molar-refractivity contribution < 1.29 is 14.3 Å². The largest absolute Gasteiger partial charge is 0.481 e. The van der Waals surface area contributed by atoms with Gasteiger partial charge < -0.3 is 9.53 Å². The van der Waals surface area contributed by atoms with Crippen molar-refractivity contribution in [2.45, 2.75) is 111 Å². The number of unbranched alkanes of at least 4 members (excludes halogenated alkanes) is 1. The van der Waals surface area contributed by atoms with Crippen LogP contribution in [-0.4, -0.2) is 25.5 Å². The van der Waals surface area contributed by atoms with Gasteiger partial charge in [-0.05, 0) is 86.7 Å². The summed E-state index contributed by atoms with van der Waals surface area (Å²) >= 11 is 0. The van der Waals surface area contributed by atoms with Crippen LogP contribution < -0.4 is 0 Å². The molecule has 2 aliphatic carbocycles. The van der Waals surface area contributed by atoms with Gasteiger partial charge in [0.2, 0.25) is 0 Å². The van der Waals surface area contributed by atoms with Crippen LogP contribution in [-0.2, 0) is 9.22 Å². The van der Waals surface area contributed by atoms with E-state index in [0.29, 0.717) is 17.8 Å². The lowest BCUT2D eigenvalue weighted by Gasteiger charge is -2.40. The first-order valence-electron chi connectivity index (χ1n) is 13.0. The smallest absolute Gasteiger partial charge is 0.303 e. The van der Waals surface area contributed by atoms with Crippen LogP contribution in [0.2, 0.25) is 18.1 Å². The third-order valence-corrected chi connectivity index (χ3v) is 12.9. The van der Waals surface area contributed by atoms with Crippen molar-refractivity contribution in [1.29, 1.82) is 0 Å². The van der Waals surface area contributed by atoms with E-state index in [4.69, 9.17) is 9.53 Å². The van der Waals surface area contributed by atoms with Crippen molar-refractivity contribution in [2.24, 2.45) is 29.6 Å². The Balaban J connectivity index is 2.11. The first-order valence-corrected chi connectivity index (χ1v) is 15.9. The average molecular weight is 473 g/mol. The highest BCUT2D eigenvalue weighted by atomic mass is 28.4. The zero-order valence-electron chi connectivity index (χ0n) is 22.4. The SMILES string of the molecule is CC#CCC(C)[C@@H](/C=C/[C@@H]1[C@H]2C/C(=C/CCCC(=O)O)C[C@H]2C[C@H]1C)O[Si](C)(C)C(C)(C)C. The Kier molecular flexibility index (Phi) is 10.1. The molecule has 0 aliphatic heterocycles. The fraction of sp³-hybridized carbons (Fsp3) is 0.759. The number of fused-ring (bicyclic) bond motifs is 1. The summed E-state index contributed by atoms with van der Waals surface area (Å²) in [4.78, 5) is 10.8. The van der Waals surface area contributed by atoms with E-state index in [1.165, 1.54) is 19.3 Å². The Hall–Kier alpha value is -1.31. The molecule has 0 bridgehead atoms. The van der Waals surface area contributed by atoms with E-state index in [2.05, 4.69) is 77.8 Å². The minimum atomic E-state index is -1.88. The van der Waals surface area contributed by atoms with Crippen molar-refractivity contribution >= 4 is 14.3 Å². The predicted molar refractivity (Wildman–Crippen MR) is 141 cm³/mol. The Morgan fingerprint density at radius 2 is 2.00 bits per heavy atom. The van der Waals surface area contributed by atoms with Crippen LogP contribution >= 0.6 is 0 Å². The van der Waals surface area contributed by atoms with E-state index in [1.807, 2.05) is 6.92 Å². The zero-order valence-corrected chi connectivity index (χ0v) is 23.4. The van der Waals surface area contributed by atoms with Crippen LogP contribution in [0.5, 0.6) is 0 Å². The molecule has 4 heteroatoms. The van der Waals surface area contributed by atoms with Crippen molar-refractivity contribution in [3.63, 3.8) is 0 Å². The molecule has 1 unspecified atom stereocenters. The number of carbonyl (C=O) groups is 1. The first kappa shape index (κ1) is 27.9. The van der Waals surface area contributed by atoms with Gasteiger partial charge in [-0.2, -0.15) is 0 Å². The highest BCUT2D eigenvalue weighted by Crippen LogP contribution is 2.53. The molecule has 3 nitrogen and oxygen atoms in total. The number of hydrogen-bond acceptors (Lipinski definition) is 2. The van der Waals surface area contributed by atoms with Crippen molar-refractivity contribution in [2.75, 3.05) is 0 Å². The van der Waals surface area contributed by atoms with Crippen molar-refractivity contribution in [1.82, 2.24) is 0 Å². The molecule has 2 saturated carbocycles. The van der Waals surface area contributed by atoms with Gasteiger partial charge in [0.15, 0.2) is 8.32 Å². The summed E-state index contributed by atoms with van der Waals surface area (Å²) in [6.07, 6.45) is 13.8. The lowest BCUT2D eigenvalue weighted by atomic mass is 9.86. The van der Waals surface area contributed by atoms with Gasteiger partial charge in [-0.1, -0.05) is 58.4 Å². The fourth-order valence-corrected chi connectivity index (χ4v) is 6.69. The lowest BCUT2D eigenvalue weighted by molar-refractivity contribution is -0.137. The summed E-state index contributed by atoms with van der Waals surface area (Å²) < 4.78 is 6.90. The molecule has 2 rings (SSSR count). The monoisotopic (exact) mass is 472 g/mol. The third kappa shape index (κ3) is 7.86. The molecule has 0 aromatic carbocycles. The van der Waals surface area contributed by atoms with E-state index >= 15 is 0 Å². The number of allylic oxidation sites excluding steroid dienone is 3. The molecule has 0 spiro atoms. The van der Waals surface area contributed by atoms with E-state index in [1.54, 1.807) is 5.57 Å². The summed E-state index contributed by atoms with van der Waals surface area (Å²) in [5.41, 5.74) is 1.56. The molecule has 2 aliphatic rings. The second kappa shape index (κ2) is 11.9. The van der Waals surface area contributed by atoms with Gasteiger partial charge in [-0.15, -0.1) is 11.8 Å². The molecule has 0 heterocycles. The van der Waals surface area contributed by atoms with Gasteiger partial charge in [-0.3, -0.25) is 4.79 Å². The lowest BCUT2D eigenvalue weighted by Crippen LogP contribution is -2.45. The molecule has 33 heavy (non-hydrogen) atoms. The minimum absolute atomic E-state index is 0.116. The Morgan fingerprint density at radius 3 is 2.61 bits per heavy atom. The Labute approximate surface area is 204 Å². The van der Waals surface area contributed by atoms with E-state index in [-0.39, 0.29) is 17.6 Å². The fourth-order valence-electron chi connectivity index (χ4n) is 5.34. The van der Waals surface area contributed by atoms with E-state index < -0.39 is 14.3 Å². The highest BCUT2D eigenvalue weighted by molar-refractivity contribution is 6.74. The summed E-state index contributed by atoms with van der Waals surface area (Å²) in [6, 6.07) is 0. The maximum absolute atomic E-state index is 10.8. The topological polar surface area (TPSA) is 46.5 Å². The molecule has 1 N–H and O–H groups in total. The molecule has 0 saturated heterocycles. The van der Waals surface area contributed by atoms with Gasteiger partial charge in [0.05, 0.1) is 6.10 Å². The van der Waals surface area contributed by atoms with Gasteiger partial charge in [-0.25, -0.2) is 0 Å². The standard InChI is InChI=1S/C29H48O3Si/c1-9-10-13-21(2)27(32-33(7,8)29(4,5)6)17-16-25-22(3)18-24-19-23(20-26(24)25)14-11-12-15-28(30)31/h14,16-17,21-22,24-27H,11-13,15,18-20H2,1-8H3,(H,30,31)/b17-16+,23-14+/t21?,22-,24-,25+,26+,27-/m1/s1. The summed E-state index contributed by atoms with van der Waals surface area (Å²) in [7, 11) is -1.88. The zero-order chi connectivity index (χ0) is 24.8. The van der Waals surface area contributed by atoms with Crippen LogP contribution in [0.1, 0.15) is 86.5 Å². The Morgan fingerprint density at radius 1 is 1.30 bits per heavy atom. The highest BCUT2D eigenvalue weighted by Gasteiger charge is 2.44. The van der Waals surface area contributed by atoms with Crippen LogP contribution in [0.15, 0.2) is 23.8 Å². The number of carboxylic acid groups (broad SMARTS) is 1. The molecule has 186 valence electrons. The van der Waals surface area contributed by atoms with E-state index in [9.17, 15) is 4.79 Å². The molecular weight excluding hydrogens is 424 g/mol. The molecule has 6 atom stereocenters. The summed E-state index contributed by atoms with van der Waals surface area (Å²) in [6.45, 7) is 18.2. The van der Waals surface area contributed by atoms with Gasteiger partial charge in [0.25, 0.3) is 0 Å². The summed E-state index contributed by atoms with van der Waals surface area (Å²) in [5, 5.41) is 9.05. The van der Waals surface area contributed by atoms with Crippen molar-refractivity contribution in [3.05, 3.63) is 23.8 Å². The molecule has 0 aromatic rings. The first-order chi connectivity index (χ1) is 15.4. The Bertz CT molecular complexity index is 777. The van der Waals surface area contributed by atoms with Crippen LogP contribution in [0.3, 0.4) is 0 Å². The van der Waals surface area contributed by atoms with Gasteiger partial charge in [0, 0.05) is 12.8 Å². The number of carboxylic acids is 1. The molecule has 0 radical (unpaired) electrons. The van der Waals surface area contributed by atoms with Crippen LogP contribution in [0.25, 0.3) is 0 Å².